The normalized spacial score (nSPS) is 11.6. The molecule has 3 aromatic rings. The summed E-state index contributed by atoms with van der Waals surface area (Å²) < 4.78 is 30.1. The van der Waals surface area contributed by atoms with E-state index >= 15 is 0 Å². The van der Waals surface area contributed by atoms with Crippen molar-refractivity contribution in [2.24, 2.45) is 0 Å². The zero-order valence-corrected chi connectivity index (χ0v) is 14.8. The summed E-state index contributed by atoms with van der Waals surface area (Å²) in [5, 5.41) is 0. The number of rotatable bonds is 5. The third-order valence-corrected chi connectivity index (χ3v) is 4.92. The topological polar surface area (TPSA) is 78.3 Å². The number of aromatic nitrogens is 2. The number of hydrogen-bond acceptors (Lipinski definition) is 5. The van der Waals surface area contributed by atoms with Gasteiger partial charge in [0, 0.05) is 11.8 Å². The van der Waals surface area contributed by atoms with Gasteiger partial charge in [0.2, 0.25) is 0 Å². The molecule has 0 fully saturated rings. The maximum absolute atomic E-state index is 12.0. The highest BCUT2D eigenvalue weighted by Gasteiger charge is 2.16. The average Bonchev–Trinajstić information content (AvgIpc) is 2.93. The van der Waals surface area contributed by atoms with Gasteiger partial charge in [0.1, 0.15) is 12.4 Å². The quantitative estimate of drug-likeness (QED) is 0.655. The van der Waals surface area contributed by atoms with Crippen molar-refractivity contribution >= 4 is 26.8 Å². The van der Waals surface area contributed by atoms with Crippen molar-refractivity contribution in [3.63, 3.8) is 0 Å². The van der Waals surface area contributed by atoms with Gasteiger partial charge in [-0.25, -0.2) is 13.4 Å². The Hall–Kier alpha value is -2.67. The highest BCUT2D eigenvalue weighted by molar-refractivity contribution is 7.90. The van der Waals surface area contributed by atoms with E-state index in [0.717, 1.165) is 22.9 Å². The summed E-state index contributed by atoms with van der Waals surface area (Å²) in [6.45, 7) is 2.11. The van der Waals surface area contributed by atoms with Crippen molar-refractivity contribution in [2.75, 3.05) is 12.9 Å². The number of hydrogen-bond donors (Lipinski definition) is 0. The lowest BCUT2D eigenvalue weighted by molar-refractivity contribution is -0.143. The van der Waals surface area contributed by atoms with Crippen LogP contribution in [0.1, 0.15) is 6.92 Å². The van der Waals surface area contributed by atoms with Crippen LogP contribution < -0.4 is 0 Å². The summed E-state index contributed by atoms with van der Waals surface area (Å²) >= 11 is 0. The van der Waals surface area contributed by atoms with Gasteiger partial charge in [-0.1, -0.05) is 12.1 Å². The van der Waals surface area contributed by atoms with E-state index in [1.54, 1.807) is 35.8 Å². The third kappa shape index (κ3) is 3.56. The zero-order chi connectivity index (χ0) is 18.0. The lowest BCUT2D eigenvalue weighted by Gasteiger charge is -2.09. The van der Waals surface area contributed by atoms with Crippen molar-refractivity contribution in [1.29, 1.82) is 0 Å². The molecule has 7 heteroatoms. The summed E-state index contributed by atoms with van der Waals surface area (Å²) in [4.78, 5) is 16.8. The molecule has 130 valence electrons. The molecular weight excluding hydrogens is 340 g/mol. The first-order valence-corrected chi connectivity index (χ1v) is 9.70. The van der Waals surface area contributed by atoms with E-state index in [2.05, 4.69) is 4.98 Å². The van der Waals surface area contributed by atoms with Crippen LogP contribution in [0.15, 0.2) is 53.4 Å². The molecule has 0 aliphatic heterocycles. The second-order valence-electron chi connectivity index (χ2n) is 5.61. The van der Waals surface area contributed by atoms with E-state index in [1.807, 2.05) is 24.3 Å². The molecule has 2 aromatic carbocycles. The van der Waals surface area contributed by atoms with E-state index in [1.165, 1.54) is 0 Å². The maximum Gasteiger partial charge on any atom is 0.326 e. The Labute approximate surface area is 146 Å². The van der Waals surface area contributed by atoms with Crippen LogP contribution in [0.2, 0.25) is 0 Å². The lowest BCUT2D eigenvalue weighted by atomic mass is 10.2. The predicted molar refractivity (Wildman–Crippen MR) is 94.9 cm³/mol. The molecule has 0 unspecified atom stereocenters. The molecule has 0 amide bonds. The van der Waals surface area contributed by atoms with Crippen molar-refractivity contribution in [3.05, 3.63) is 48.5 Å². The minimum Gasteiger partial charge on any atom is -0.465 e. The molecule has 0 aliphatic carbocycles. The molecule has 0 radical (unpaired) electrons. The maximum atomic E-state index is 12.0. The van der Waals surface area contributed by atoms with Crippen LogP contribution in [0.3, 0.4) is 0 Å². The van der Waals surface area contributed by atoms with E-state index < -0.39 is 9.84 Å². The Balaban J connectivity index is 2.10. The Morgan fingerprint density at radius 1 is 1.12 bits per heavy atom. The van der Waals surface area contributed by atoms with Gasteiger partial charge in [-0.15, -0.1) is 0 Å². The van der Waals surface area contributed by atoms with Crippen molar-refractivity contribution in [2.45, 2.75) is 18.4 Å². The summed E-state index contributed by atoms with van der Waals surface area (Å²) in [6, 6.07) is 14.0. The number of carbonyl (C=O) groups excluding carboxylic acids is 1. The second-order valence-corrected chi connectivity index (χ2v) is 7.63. The Bertz CT molecular complexity index is 1020. The number of carbonyl (C=O) groups is 1. The number of esters is 1. The lowest BCUT2D eigenvalue weighted by Crippen LogP contribution is -2.14. The predicted octanol–water partition coefficient (Wildman–Crippen LogP) is 2.67. The fourth-order valence-electron chi connectivity index (χ4n) is 2.64. The fourth-order valence-corrected chi connectivity index (χ4v) is 3.27. The molecule has 3 rings (SSSR count). The Morgan fingerprint density at radius 2 is 1.80 bits per heavy atom. The van der Waals surface area contributed by atoms with Crippen molar-refractivity contribution < 1.29 is 17.9 Å². The molecular formula is C18H18N2O4S. The minimum atomic E-state index is -3.26. The number of sulfone groups is 1. The first-order chi connectivity index (χ1) is 11.9. The summed E-state index contributed by atoms with van der Waals surface area (Å²) in [6.07, 6.45) is 1.16. The second kappa shape index (κ2) is 6.68. The van der Waals surface area contributed by atoms with Gasteiger partial charge in [0.25, 0.3) is 0 Å². The number of benzene rings is 2. The van der Waals surface area contributed by atoms with Crippen LogP contribution >= 0.6 is 0 Å². The minimum absolute atomic E-state index is 0.0392. The van der Waals surface area contributed by atoms with E-state index in [9.17, 15) is 13.2 Å². The molecule has 6 nitrogen and oxygen atoms in total. The molecule has 0 saturated heterocycles. The van der Waals surface area contributed by atoms with Gasteiger partial charge in [0.05, 0.1) is 22.5 Å². The van der Waals surface area contributed by atoms with Gasteiger partial charge < -0.3 is 9.30 Å². The molecule has 0 atom stereocenters. The molecule has 0 N–H and O–H groups in total. The monoisotopic (exact) mass is 358 g/mol. The molecule has 0 spiro atoms. The van der Waals surface area contributed by atoms with Gasteiger partial charge in [0.15, 0.2) is 9.84 Å². The molecule has 1 heterocycles. The zero-order valence-electron chi connectivity index (χ0n) is 14.0. The summed E-state index contributed by atoms with van der Waals surface area (Å²) in [7, 11) is -3.26. The third-order valence-electron chi connectivity index (χ3n) is 3.79. The van der Waals surface area contributed by atoms with E-state index in [-0.39, 0.29) is 17.4 Å². The van der Waals surface area contributed by atoms with Crippen LogP contribution in [-0.2, 0) is 25.9 Å². The SMILES string of the molecule is CCOC(=O)Cn1c(-c2ccc(S(C)(=O)=O)cc2)nc2ccccc21. The molecule has 0 bridgehead atoms. The van der Waals surface area contributed by atoms with Crippen molar-refractivity contribution in [1.82, 2.24) is 9.55 Å². The highest BCUT2D eigenvalue weighted by Crippen LogP contribution is 2.26. The van der Waals surface area contributed by atoms with Gasteiger partial charge in [-0.05, 0) is 43.3 Å². The van der Waals surface area contributed by atoms with Crippen LogP contribution in [0.25, 0.3) is 22.4 Å². The molecule has 0 saturated carbocycles. The van der Waals surface area contributed by atoms with Crippen LogP contribution in [0.4, 0.5) is 0 Å². The smallest absolute Gasteiger partial charge is 0.326 e. The Morgan fingerprint density at radius 3 is 2.44 bits per heavy atom. The van der Waals surface area contributed by atoms with Gasteiger partial charge in [-0.2, -0.15) is 0 Å². The van der Waals surface area contributed by atoms with Crippen LogP contribution in [0.5, 0.6) is 0 Å². The summed E-state index contributed by atoms with van der Waals surface area (Å²) in [5.41, 5.74) is 2.31. The summed E-state index contributed by atoms with van der Waals surface area (Å²) in [5.74, 6) is 0.244. The average molecular weight is 358 g/mol. The standard InChI is InChI=1S/C18H18N2O4S/c1-3-24-17(21)12-20-16-7-5-4-6-15(16)19-18(20)13-8-10-14(11-9-13)25(2,22)23/h4-11H,3,12H2,1-2H3. The molecule has 0 aliphatic rings. The number of fused-ring (bicyclic) bond motifs is 1. The number of imidazole rings is 1. The van der Waals surface area contributed by atoms with Crippen LogP contribution in [0, 0.1) is 0 Å². The van der Waals surface area contributed by atoms with Crippen molar-refractivity contribution in [3.8, 4) is 11.4 Å². The first kappa shape index (κ1) is 17.2. The Kier molecular flexibility index (Phi) is 4.59. The number of para-hydroxylation sites is 2. The number of ether oxygens (including phenoxy) is 1. The van der Waals surface area contributed by atoms with Crippen LogP contribution in [-0.4, -0.2) is 36.8 Å². The van der Waals surface area contributed by atoms with Gasteiger partial charge >= 0.3 is 5.97 Å². The molecule has 1 aromatic heterocycles. The highest BCUT2D eigenvalue weighted by atomic mass is 32.2. The molecule has 25 heavy (non-hydrogen) atoms. The largest absolute Gasteiger partial charge is 0.465 e. The van der Waals surface area contributed by atoms with Gasteiger partial charge in [-0.3, -0.25) is 4.79 Å². The van der Waals surface area contributed by atoms with E-state index in [0.29, 0.717) is 12.4 Å². The fraction of sp³-hybridized carbons (Fsp3) is 0.222. The first-order valence-electron chi connectivity index (χ1n) is 7.81. The van der Waals surface area contributed by atoms with E-state index in [4.69, 9.17) is 4.74 Å². The number of nitrogens with zero attached hydrogens (tertiary/aromatic N) is 2.